The molecule has 0 radical (unpaired) electrons. The van der Waals surface area contributed by atoms with E-state index in [2.05, 4.69) is 23.8 Å². The van der Waals surface area contributed by atoms with Gasteiger partial charge in [-0.25, -0.2) is 0 Å². The van der Waals surface area contributed by atoms with Crippen LogP contribution in [0.4, 0.5) is 0 Å². The number of piperidine rings is 2. The predicted octanol–water partition coefficient (Wildman–Crippen LogP) is 2.18. The second kappa shape index (κ2) is 7.21. The van der Waals surface area contributed by atoms with Crippen molar-refractivity contribution in [2.45, 2.75) is 58.2 Å². The van der Waals surface area contributed by atoms with Gasteiger partial charge in [0.05, 0.1) is 18.2 Å². The summed E-state index contributed by atoms with van der Waals surface area (Å²) in [6.45, 7) is 11.1. The Hall–Kier alpha value is -0.450. The van der Waals surface area contributed by atoms with Crippen LogP contribution in [0.5, 0.6) is 0 Å². The Morgan fingerprint density at radius 2 is 1.76 bits per heavy atom. The SMILES string of the molecule is CC(C)C(=O)CN1CCC(OC2(C)CCN(C)CC2)CC1. The summed E-state index contributed by atoms with van der Waals surface area (Å²) in [5.74, 6) is 0.508. The molecule has 21 heavy (non-hydrogen) atoms. The molecule has 0 atom stereocenters. The third-order valence-electron chi connectivity index (χ3n) is 5.05. The number of nitrogens with zero attached hydrogens (tertiary/aromatic N) is 2. The molecule has 0 bridgehead atoms. The molecule has 0 aromatic heterocycles. The number of carbonyl (C=O) groups is 1. The fraction of sp³-hybridized carbons (Fsp3) is 0.941. The standard InChI is InChI=1S/C17H32N2O2/c1-14(2)16(20)13-19-9-5-15(6-10-19)21-17(3)7-11-18(4)12-8-17/h14-15H,5-13H2,1-4H3. The van der Waals surface area contributed by atoms with E-state index in [1.54, 1.807) is 0 Å². The maximum absolute atomic E-state index is 11.8. The number of likely N-dealkylation sites (tertiary alicyclic amines) is 2. The zero-order valence-electron chi connectivity index (χ0n) is 14.2. The van der Waals surface area contributed by atoms with Crippen molar-refractivity contribution < 1.29 is 9.53 Å². The molecule has 2 rings (SSSR count). The van der Waals surface area contributed by atoms with Gasteiger partial charge in [-0.15, -0.1) is 0 Å². The fourth-order valence-corrected chi connectivity index (χ4v) is 3.20. The molecule has 122 valence electrons. The largest absolute Gasteiger partial charge is 0.372 e. The molecule has 2 saturated heterocycles. The lowest BCUT2D eigenvalue weighted by Crippen LogP contribution is -2.47. The number of rotatable bonds is 5. The summed E-state index contributed by atoms with van der Waals surface area (Å²) in [6.07, 6.45) is 4.78. The molecular weight excluding hydrogens is 264 g/mol. The second-order valence-electron chi connectivity index (χ2n) is 7.47. The summed E-state index contributed by atoms with van der Waals surface area (Å²) in [5, 5.41) is 0. The highest BCUT2D eigenvalue weighted by atomic mass is 16.5. The highest BCUT2D eigenvalue weighted by Crippen LogP contribution is 2.29. The molecule has 0 aliphatic carbocycles. The van der Waals surface area contributed by atoms with E-state index in [4.69, 9.17) is 4.74 Å². The van der Waals surface area contributed by atoms with E-state index in [1.807, 2.05) is 13.8 Å². The molecule has 2 aliphatic heterocycles. The molecule has 2 aliphatic rings. The van der Waals surface area contributed by atoms with Gasteiger partial charge in [-0.1, -0.05) is 13.8 Å². The molecule has 4 nitrogen and oxygen atoms in total. The minimum atomic E-state index is 0.0626. The van der Waals surface area contributed by atoms with Crippen LogP contribution in [0.2, 0.25) is 0 Å². The monoisotopic (exact) mass is 296 g/mol. The molecule has 0 spiro atoms. The Bertz CT molecular complexity index is 341. The van der Waals surface area contributed by atoms with E-state index in [-0.39, 0.29) is 11.5 Å². The van der Waals surface area contributed by atoms with Crippen molar-refractivity contribution in [2.75, 3.05) is 39.8 Å². The quantitative estimate of drug-likeness (QED) is 0.778. The van der Waals surface area contributed by atoms with Crippen LogP contribution in [0.3, 0.4) is 0 Å². The van der Waals surface area contributed by atoms with Crippen molar-refractivity contribution in [3.63, 3.8) is 0 Å². The molecule has 2 heterocycles. The van der Waals surface area contributed by atoms with Crippen LogP contribution >= 0.6 is 0 Å². The lowest BCUT2D eigenvalue weighted by molar-refractivity contribution is -0.131. The maximum atomic E-state index is 11.8. The van der Waals surface area contributed by atoms with Crippen LogP contribution in [-0.4, -0.2) is 67.1 Å². The Morgan fingerprint density at radius 3 is 2.29 bits per heavy atom. The lowest BCUT2D eigenvalue weighted by atomic mass is 9.92. The van der Waals surface area contributed by atoms with Crippen LogP contribution in [0.25, 0.3) is 0 Å². The molecule has 2 fully saturated rings. The summed E-state index contributed by atoms with van der Waals surface area (Å²) >= 11 is 0. The van der Waals surface area contributed by atoms with Gasteiger partial charge in [0.15, 0.2) is 0 Å². The van der Waals surface area contributed by atoms with E-state index in [9.17, 15) is 4.79 Å². The van der Waals surface area contributed by atoms with Crippen LogP contribution in [0.15, 0.2) is 0 Å². The molecule has 4 heteroatoms. The predicted molar refractivity (Wildman–Crippen MR) is 85.5 cm³/mol. The third-order valence-corrected chi connectivity index (χ3v) is 5.05. The van der Waals surface area contributed by atoms with Gasteiger partial charge in [-0.3, -0.25) is 9.69 Å². The van der Waals surface area contributed by atoms with Gasteiger partial charge in [0.1, 0.15) is 5.78 Å². The highest BCUT2D eigenvalue weighted by molar-refractivity contribution is 5.82. The van der Waals surface area contributed by atoms with Crippen molar-refractivity contribution in [1.29, 1.82) is 0 Å². The topological polar surface area (TPSA) is 32.8 Å². The first-order valence-electron chi connectivity index (χ1n) is 8.49. The van der Waals surface area contributed by atoms with Gasteiger partial charge < -0.3 is 9.64 Å². The molecule has 0 unspecified atom stereocenters. The van der Waals surface area contributed by atoms with E-state index in [0.29, 0.717) is 18.4 Å². The van der Waals surface area contributed by atoms with E-state index < -0.39 is 0 Å². The summed E-state index contributed by atoms with van der Waals surface area (Å²) in [7, 11) is 2.18. The fourth-order valence-electron chi connectivity index (χ4n) is 3.20. The van der Waals surface area contributed by atoms with Gasteiger partial charge in [0.25, 0.3) is 0 Å². The number of Topliss-reactive ketones (excluding diaryl/α,β-unsaturated/α-hetero) is 1. The summed E-state index contributed by atoms with van der Waals surface area (Å²) in [4.78, 5) is 16.5. The molecular formula is C17H32N2O2. The molecule has 0 saturated carbocycles. The Labute approximate surface area is 129 Å². The van der Waals surface area contributed by atoms with Crippen molar-refractivity contribution in [2.24, 2.45) is 5.92 Å². The zero-order valence-corrected chi connectivity index (χ0v) is 14.2. The van der Waals surface area contributed by atoms with E-state index >= 15 is 0 Å². The van der Waals surface area contributed by atoms with Crippen LogP contribution in [0.1, 0.15) is 46.5 Å². The lowest BCUT2D eigenvalue weighted by Gasteiger charge is -2.42. The average Bonchev–Trinajstić information content (AvgIpc) is 2.44. The molecule has 0 aromatic rings. The number of ketones is 1. The van der Waals surface area contributed by atoms with Gasteiger partial charge in [0, 0.05) is 32.1 Å². The van der Waals surface area contributed by atoms with Crippen LogP contribution < -0.4 is 0 Å². The first-order chi connectivity index (χ1) is 9.88. The number of carbonyl (C=O) groups excluding carboxylic acids is 1. The minimum absolute atomic E-state index is 0.0626. The first kappa shape index (κ1) is 16.9. The molecule has 0 aromatic carbocycles. The van der Waals surface area contributed by atoms with Crippen molar-refractivity contribution >= 4 is 5.78 Å². The number of hydrogen-bond acceptors (Lipinski definition) is 4. The van der Waals surface area contributed by atoms with Crippen molar-refractivity contribution in [3.05, 3.63) is 0 Å². The summed E-state index contributed by atoms with van der Waals surface area (Å²) in [6, 6.07) is 0. The minimum Gasteiger partial charge on any atom is -0.372 e. The second-order valence-corrected chi connectivity index (χ2v) is 7.47. The van der Waals surface area contributed by atoms with Gasteiger partial charge in [0.2, 0.25) is 0 Å². The summed E-state index contributed by atoms with van der Waals surface area (Å²) in [5.41, 5.74) is 0.0626. The average molecular weight is 296 g/mol. The highest BCUT2D eigenvalue weighted by Gasteiger charge is 2.33. The van der Waals surface area contributed by atoms with Gasteiger partial charge >= 0.3 is 0 Å². The van der Waals surface area contributed by atoms with E-state index in [1.165, 1.54) is 0 Å². The van der Waals surface area contributed by atoms with E-state index in [0.717, 1.165) is 51.9 Å². The molecule has 0 N–H and O–H groups in total. The number of ether oxygens (including phenoxy) is 1. The number of hydrogen-bond donors (Lipinski definition) is 0. The smallest absolute Gasteiger partial charge is 0.149 e. The van der Waals surface area contributed by atoms with Crippen LogP contribution in [-0.2, 0) is 9.53 Å². The third kappa shape index (κ3) is 5.04. The van der Waals surface area contributed by atoms with Gasteiger partial charge in [-0.05, 0) is 39.7 Å². The first-order valence-corrected chi connectivity index (χ1v) is 8.49. The molecule has 0 amide bonds. The normalized spacial score (nSPS) is 25.4. The Kier molecular flexibility index (Phi) is 5.81. The van der Waals surface area contributed by atoms with Crippen molar-refractivity contribution in [1.82, 2.24) is 9.80 Å². The maximum Gasteiger partial charge on any atom is 0.149 e. The van der Waals surface area contributed by atoms with Gasteiger partial charge in [-0.2, -0.15) is 0 Å². The van der Waals surface area contributed by atoms with Crippen molar-refractivity contribution in [3.8, 4) is 0 Å². The zero-order chi connectivity index (χ0) is 15.5. The summed E-state index contributed by atoms with van der Waals surface area (Å²) < 4.78 is 6.43. The van der Waals surface area contributed by atoms with Crippen LogP contribution in [0, 0.1) is 5.92 Å². The Balaban J connectivity index is 1.73. The Morgan fingerprint density at radius 1 is 1.19 bits per heavy atom.